The summed E-state index contributed by atoms with van der Waals surface area (Å²) in [6.45, 7) is 0. The molecule has 0 saturated carbocycles. The van der Waals surface area contributed by atoms with Gasteiger partial charge in [-0.25, -0.2) is 0 Å². The maximum absolute atomic E-state index is 2.27. The van der Waals surface area contributed by atoms with Gasteiger partial charge in [-0.15, -0.1) is 0 Å². The van der Waals surface area contributed by atoms with Crippen LogP contribution in [0.25, 0.3) is 22.3 Å². The van der Waals surface area contributed by atoms with E-state index in [1.54, 1.807) is 0 Å². The van der Waals surface area contributed by atoms with E-state index < -0.39 is 0 Å². The maximum Gasteiger partial charge on any atom is 2.00 e. The van der Waals surface area contributed by atoms with Gasteiger partial charge in [-0.1, -0.05) is 109 Å². The summed E-state index contributed by atoms with van der Waals surface area (Å²) in [4.78, 5) is 0. The normalized spacial score (nSPS) is 10.8. The molecule has 5 rings (SSSR count). The van der Waals surface area contributed by atoms with Crippen molar-refractivity contribution in [1.82, 2.24) is 0 Å². The molecule has 0 unspecified atom stereocenters. The van der Waals surface area contributed by atoms with Gasteiger partial charge in [-0.2, -0.15) is 0 Å². The van der Waals surface area contributed by atoms with Crippen molar-refractivity contribution in [2.75, 3.05) is 0 Å². The summed E-state index contributed by atoms with van der Waals surface area (Å²) in [6, 6.07) is 38.4. The number of hydrogen-bond donors (Lipinski definition) is 0. The minimum absolute atomic E-state index is 0. The van der Waals surface area contributed by atoms with Gasteiger partial charge in [0.2, 0.25) is 0 Å². The molecule has 0 N–H and O–H groups in total. The second-order valence-electron chi connectivity index (χ2n) is 6.63. The fourth-order valence-corrected chi connectivity index (χ4v) is 4.68. The standard InChI is InChI=1S/C13H12Si.C12H10.2ClH.Zr/c14-13-11-7-3-1-5-9(11)10-6-2-4-8-12(10)13;1-3-7-11(8-4-1)12-9-5-2-6-10-12;;;/h1-8,13H,14H3;1-10H;2*1H;/q;;;;+2/p-2. The number of halogens is 2. The Morgan fingerprint density at radius 3 is 1.14 bits per heavy atom. The van der Waals surface area contributed by atoms with Crippen LogP contribution in [-0.4, -0.2) is 10.2 Å². The number of fused-ring (bicyclic) bond motifs is 3. The third-order valence-electron chi connectivity index (χ3n) is 5.03. The summed E-state index contributed by atoms with van der Waals surface area (Å²) < 4.78 is 0. The molecule has 0 radical (unpaired) electrons. The fourth-order valence-electron chi connectivity index (χ4n) is 3.67. The predicted molar refractivity (Wildman–Crippen MR) is 116 cm³/mol. The molecule has 4 aromatic rings. The van der Waals surface area contributed by atoms with Crippen molar-refractivity contribution >= 4 is 10.2 Å². The van der Waals surface area contributed by atoms with Crippen LogP contribution in [0, 0.1) is 0 Å². The van der Waals surface area contributed by atoms with Crippen molar-refractivity contribution in [2.45, 2.75) is 5.54 Å². The van der Waals surface area contributed by atoms with E-state index >= 15 is 0 Å². The molecule has 0 aromatic heterocycles. The van der Waals surface area contributed by atoms with Crippen molar-refractivity contribution in [3.63, 3.8) is 0 Å². The van der Waals surface area contributed by atoms with Crippen LogP contribution in [0.1, 0.15) is 16.7 Å². The van der Waals surface area contributed by atoms with E-state index in [-0.39, 0.29) is 51.0 Å². The molecule has 29 heavy (non-hydrogen) atoms. The summed E-state index contributed by atoms with van der Waals surface area (Å²) in [7, 11) is 1.21. The van der Waals surface area contributed by atoms with E-state index in [1.165, 1.54) is 43.6 Å². The molecule has 0 fully saturated rings. The summed E-state index contributed by atoms with van der Waals surface area (Å²) in [5.74, 6) is 0. The van der Waals surface area contributed by atoms with E-state index in [2.05, 4.69) is 97.1 Å². The fraction of sp³-hybridized carbons (Fsp3) is 0.0400. The number of hydrogen-bond acceptors (Lipinski definition) is 0. The molecule has 1 aliphatic rings. The zero-order valence-electron chi connectivity index (χ0n) is 16.2. The molecule has 0 bridgehead atoms. The summed E-state index contributed by atoms with van der Waals surface area (Å²) in [5.41, 5.74) is 9.20. The van der Waals surface area contributed by atoms with Crippen LogP contribution in [0.4, 0.5) is 0 Å². The van der Waals surface area contributed by atoms with Gasteiger partial charge in [0, 0.05) is 10.2 Å². The Kier molecular flexibility index (Phi) is 10.9. The summed E-state index contributed by atoms with van der Waals surface area (Å²) in [5, 5.41) is 0. The van der Waals surface area contributed by atoms with E-state index in [9.17, 15) is 0 Å². The van der Waals surface area contributed by atoms with Crippen LogP contribution in [0.15, 0.2) is 109 Å². The third-order valence-corrected chi connectivity index (χ3v) is 6.27. The molecule has 4 heteroatoms. The Balaban J connectivity index is 0.000000266. The Bertz CT molecular complexity index is 924. The van der Waals surface area contributed by atoms with Gasteiger partial charge in [-0.3, -0.25) is 0 Å². The van der Waals surface area contributed by atoms with Gasteiger partial charge in [0.25, 0.3) is 0 Å². The van der Waals surface area contributed by atoms with Crippen LogP contribution in [-0.2, 0) is 26.2 Å². The smallest absolute Gasteiger partial charge is 1.00 e. The average Bonchev–Trinajstić information content (AvgIpc) is 3.03. The van der Waals surface area contributed by atoms with Gasteiger partial charge >= 0.3 is 26.2 Å². The molecule has 0 spiro atoms. The van der Waals surface area contributed by atoms with Gasteiger partial charge in [-0.05, 0) is 38.9 Å². The average molecular weight is 513 g/mol. The van der Waals surface area contributed by atoms with Crippen molar-refractivity contribution in [3.8, 4) is 22.3 Å². The van der Waals surface area contributed by atoms with Crippen molar-refractivity contribution in [2.24, 2.45) is 0 Å². The van der Waals surface area contributed by atoms with Crippen molar-refractivity contribution < 1.29 is 51.0 Å². The maximum atomic E-state index is 2.27. The number of rotatable bonds is 1. The topological polar surface area (TPSA) is 0 Å². The molecule has 4 aromatic carbocycles. The second kappa shape index (κ2) is 12.3. The van der Waals surface area contributed by atoms with Crippen molar-refractivity contribution in [1.29, 1.82) is 0 Å². The molecule has 0 heterocycles. The van der Waals surface area contributed by atoms with E-state index in [0.717, 1.165) is 0 Å². The van der Waals surface area contributed by atoms with E-state index in [4.69, 9.17) is 0 Å². The van der Waals surface area contributed by atoms with Crippen LogP contribution < -0.4 is 24.8 Å². The molecular formula is C25H22Cl2SiZr. The monoisotopic (exact) mass is 510 g/mol. The first-order chi connectivity index (χ1) is 12.8. The predicted octanol–water partition coefficient (Wildman–Crippen LogP) is -0.519. The first-order valence-electron chi connectivity index (χ1n) is 9.13. The van der Waals surface area contributed by atoms with E-state index in [0.29, 0.717) is 5.54 Å². The van der Waals surface area contributed by atoms with Crippen LogP contribution >= 0.6 is 0 Å². The first-order valence-corrected chi connectivity index (χ1v) is 10.3. The zero-order chi connectivity index (χ0) is 17.8. The zero-order valence-corrected chi connectivity index (χ0v) is 22.2. The SMILES string of the molecule is [Cl-].[Cl-].[SiH3]C1c2ccccc2-c2ccccc21.[Zr+2].c1ccc(-c2ccccc2)cc1. The van der Waals surface area contributed by atoms with Crippen LogP contribution in [0.5, 0.6) is 0 Å². The molecule has 0 nitrogen and oxygen atoms in total. The molecule has 0 aliphatic heterocycles. The quantitative estimate of drug-likeness (QED) is 0.301. The molecule has 0 atom stereocenters. The van der Waals surface area contributed by atoms with Crippen LogP contribution in [0.2, 0.25) is 0 Å². The molecular weight excluding hydrogens is 490 g/mol. The van der Waals surface area contributed by atoms with Gasteiger partial charge in [0.1, 0.15) is 0 Å². The third kappa shape index (κ3) is 5.80. The number of benzene rings is 4. The Hall–Kier alpha value is -1.44. The minimum Gasteiger partial charge on any atom is -1.00 e. The van der Waals surface area contributed by atoms with Gasteiger partial charge in [0.15, 0.2) is 0 Å². The second-order valence-corrected chi connectivity index (χ2v) is 7.78. The summed E-state index contributed by atoms with van der Waals surface area (Å²) in [6.07, 6.45) is 0. The Labute approximate surface area is 208 Å². The molecule has 1 aliphatic carbocycles. The van der Waals surface area contributed by atoms with Crippen molar-refractivity contribution in [3.05, 3.63) is 120 Å². The molecule has 0 amide bonds. The van der Waals surface area contributed by atoms with Gasteiger partial charge < -0.3 is 24.8 Å². The van der Waals surface area contributed by atoms with Gasteiger partial charge in [0.05, 0.1) is 0 Å². The molecule has 0 saturated heterocycles. The summed E-state index contributed by atoms with van der Waals surface area (Å²) >= 11 is 0. The Morgan fingerprint density at radius 1 is 0.448 bits per heavy atom. The Morgan fingerprint density at radius 2 is 0.759 bits per heavy atom. The minimum atomic E-state index is 0. The van der Waals surface area contributed by atoms with E-state index in [1.807, 2.05) is 12.1 Å². The first kappa shape index (κ1) is 25.6. The molecule has 144 valence electrons. The largest absolute Gasteiger partial charge is 2.00 e. The van der Waals surface area contributed by atoms with Crippen LogP contribution in [0.3, 0.4) is 0 Å².